The molecule has 0 aromatic carbocycles. The number of rotatable bonds is 3. The number of aliphatic hydroxyl groups is 2. The average molecular weight is 171 g/mol. The second kappa shape index (κ2) is 3.66. The third-order valence-electron chi connectivity index (χ3n) is 1.83. The van der Waals surface area contributed by atoms with Crippen molar-refractivity contribution in [3.05, 3.63) is 17.2 Å². The molecule has 1 aromatic heterocycles. The zero-order valence-electron chi connectivity index (χ0n) is 6.99. The molecule has 1 rings (SSSR count). The van der Waals surface area contributed by atoms with E-state index in [-0.39, 0.29) is 19.9 Å². The van der Waals surface area contributed by atoms with Gasteiger partial charge in [-0.1, -0.05) is 0 Å². The van der Waals surface area contributed by atoms with Crippen molar-refractivity contribution in [2.45, 2.75) is 26.8 Å². The number of hydrogen-bond acceptors (Lipinski definition) is 4. The Bertz CT molecular complexity index is 270. The van der Waals surface area contributed by atoms with Crippen LogP contribution in [0.3, 0.4) is 0 Å². The maximum absolute atomic E-state index is 8.95. The molecule has 0 aliphatic rings. The van der Waals surface area contributed by atoms with E-state index in [0.29, 0.717) is 17.2 Å². The third-order valence-corrected chi connectivity index (χ3v) is 1.83. The first-order valence-corrected chi connectivity index (χ1v) is 3.71. The average Bonchev–Trinajstić information content (AvgIpc) is 2.40. The molecule has 5 nitrogen and oxygen atoms in total. The minimum absolute atomic E-state index is 0.145. The molecular formula is C7H13N3O2. The quantitative estimate of drug-likeness (QED) is 0.550. The highest BCUT2D eigenvalue weighted by molar-refractivity contribution is 5.15. The number of aromatic nitrogens is 2. The van der Waals surface area contributed by atoms with Crippen molar-refractivity contribution in [2.75, 3.05) is 0 Å². The Kier molecular flexibility index (Phi) is 2.80. The van der Waals surface area contributed by atoms with Crippen LogP contribution in [-0.2, 0) is 19.9 Å². The van der Waals surface area contributed by atoms with Gasteiger partial charge in [-0.3, -0.25) is 0 Å². The van der Waals surface area contributed by atoms with Crippen molar-refractivity contribution < 1.29 is 10.2 Å². The number of nitrogens with zero attached hydrogens (tertiary/aromatic N) is 2. The highest BCUT2D eigenvalue weighted by atomic mass is 16.3. The summed E-state index contributed by atoms with van der Waals surface area (Å²) in [7, 11) is 0. The first kappa shape index (κ1) is 9.18. The van der Waals surface area contributed by atoms with Crippen molar-refractivity contribution in [2.24, 2.45) is 5.73 Å². The van der Waals surface area contributed by atoms with Gasteiger partial charge in [0.2, 0.25) is 0 Å². The molecule has 68 valence electrons. The van der Waals surface area contributed by atoms with Crippen LogP contribution in [0.15, 0.2) is 0 Å². The lowest BCUT2D eigenvalue weighted by molar-refractivity contribution is 0.250. The number of hydrogen-bond donors (Lipinski definition) is 3. The van der Waals surface area contributed by atoms with E-state index >= 15 is 0 Å². The van der Waals surface area contributed by atoms with Crippen molar-refractivity contribution in [3.8, 4) is 0 Å². The molecule has 0 saturated carbocycles. The Hall–Kier alpha value is -0.910. The van der Waals surface area contributed by atoms with Gasteiger partial charge in [-0.2, -0.15) is 0 Å². The lowest BCUT2D eigenvalue weighted by Gasteiger charge is -2.04. The standard InChI is InChI=1S/C7H13N3O2/c1-5-9-6(2-11)7(3-12)10(5)4-8/h11-12H,2-4,8H2,1H3. The van der Waals surface area contributed by atoms with Crippen LogP contribution in [0.25, 0.3) is 0 Å². The molecule has 1 aromatic rings. The monoisotopic (exact) mass is 171 g/mol. The van der Waals surface area contributed by atoms with Gasteiger partial charge >= 0.3 is 0 Å². The van der Waals surface area contributed by atoms with Gasteiger partial charge in [0, 0.05) is 0 Å². The molecule has 4 N–H and O–H groups in total. The molecule has 0 fully saturated rings. The smallest absolute Gasteiger partial charge is 0.107 e. The van der Waals surface area contributed by atoms with Crippen molar-refractivity contribution in [1.29, 1.82) is 0 Å². The molecule has 0 amide bonds. The van der Waals surface area contributed by atoms with Gasteiger partial charge in [-0.05, 0) is 6.92 Å². The summed E-state index contributed by atoms with van der Waals surface area (Å²) in [6, 6.07) is 0. The fourth-order valence-corrected chi connectivity index (χ4v) is 1.22. The predicted octanol–water partition coefficient (Wildman–Crippen LogP) is -0.908. The van der Waals surface area contributed by atoms with E-state index in [0.717, 1.165) is 0 Å². The maximum Gasteiger partial charge on any atom is 0.107 e. The number of imidazole rings is 1. The van der Waals surface area contributed by atoms with Crippen LogP contribution in [0.2, 0.25) is 0 Å². The topological polar surface area (TPSA) is 84.3 Å². The summed E-state index contributed by atoms with van der Waals surface area (Å²) in [5, 5.41) is 17.8. The second-order valence-corrected chi connectivity index (χ2v) is 2.48. The molecule has 0 saturated heterocycles. The molecule has 0 spiro atoms. The summed E-state index contributed by atoms with van der Waals surface area (Å²) in [5.41, 5.74) is 6.52. The summed E-state index contributed by atoms with van der Waals surface area (Å²) < 4.78 is 1.67. The maximum atomic E-state index is 8.95. The van der Waals surface area contributed by atoms with Crippen LogP contribution in [0.5, 0.6) is 0 Å². The number of aliphatic hydroxyl groups excluding tert-OH is 2. The van der Waals surface area contributed by atoms with Gasteiger partial charge < -0.3 is 20.5 Å². The third kappa shape index (κ3) is 1.34. The minimum Gasteiger partial charge on any atom is -0.390 e. The fourth-order valence-electron chi connectivity index (χ4n) is 1.22. The zero-order valence-corrected chi connectivity index (χ0v) is 6.99. The van der Waals surface area contributed by atoms with Crippen LogP contribution < -0.4 is 5.73 Å². The first-order chi connectivity index (χ1) is 5.74. The molecule has 0 radical (unpaired) electrons. The molecule has 0 aliphatic carbocycles. The van der Waals surface area contributed by atoms with E-state index in [1.165, 1.54) is 0 Å². The Morgan fingerprint density at radius 1 is 1.42 bits per heavy atom. The lowest BCUT2D eigenvalue weighted by Crippen LogP contribution is -2.12. The molecule has 0 bridgehead atoms. The van der Waals surface area contributed by atoms with E-state index in [9.17, 15) is 0 Å². The first-order valence-electron chi connectivity index (χ1n) is 3.71. The molecule has 0 atom stereocenters. The molecule has 12 heavy (non-hydrogen) atoms. The van der Waals surface area contributed by atoms with Crippen molar-refractivity contribution in [3.63, 3.8) is 0 Å². The SMILES string of the molecule is Cc1nc(CO)c(CO)n1CN. The zero-order chi connectivity index (χ0) is 9.14. The van der Waals surface area contributed by atoms with Gasteiger partial charge in [0.15, 0.2) is 0 Å². The highest BCUT2D eigenvalue weighted by Gasteiger charge is 2.11. The van der Waals surface area contributed by atoms with E-state index < -0.39 is 0 Å². The van der Waals surface area contributed by atoms with Crippen LogP contribution in [0, 0.1) is 6.92 Å². The van der Waals surface area contributed by atoms with Crippen molar-refractivity contribution in [1.82, 2.24) is 9.55 Å². The van der Waals surface area contributed by atoms with Crippen LogP contribution in [0.1, 0.15) is 17.2 Å². The molecule has 5 heteroatoms. The fraction of sp³-hybridized carbons (Fsp3) is 0.571. The summed E-state index contributed by atoms with van der Waals surface area (Å²) in [6.45, 7) is 1.75. The Morgan fingerprint density at radius 2 is 2.08 bits per heavy atom. The van der Waals surface area contributed by atoms with E-state index in [4.69, 9.17) is 15.9 Å². The van der Waals surface area contributed by atoms with Crippen molar-refractivity contribution >= 4 is 0 Å². The van der Waals surface area contributed by atoms with E-state index in [1.807, 2.05) is 0 Å². The molecule has 0 unspecified atom stereocenters. The van der Waals surface area contributed by atoms with Gasteiger partial charge in [-0.25, -0.2) is 4.98 Å². The Morgan fingerprint density at radius 3 is 2.50 bits per heavy atom. The van der Waals surface area contributed by atoms with Gasteiger partial charge in [0.25, 0.3) is 0 Å². The van der Waals surface area contributed by atoms with Crippen LogP contribution >= 0.6 is 0 Å². The number of aryl methyl sites for hydroxylation is 1. The Balaban J connectivity index is 3.16. The summed E-state index contributed by atoms with van der Waals surface area (Å²) in [5.74, 6) is 0.714. The molecule has 1 heterocycles. The Labute approximate surface area is 70.5 Å². The van der Waals surface area contributed by atoms with Gasteiger partial charge in [0.1, 0.15) is 5.82 Å². The summed E-state index contributed by atoms with van der Waals surface area (Å²) in [4.78, 5) is 4.04. The largest absolute Gasteiger partial charge is 0.390 e. The molecule has 0 aliphatic heterocycles. The second-order valence-electron chi connectivity index (χ2n) is 2.48. The molecular weight excluding hydrogens is 158 g/mol. The normalized spacial score (nSPS) is 10.7. The highest BCUT2D eigenvalue weighted by Crippen LogP contribution is 2.10. The predicted molar refractivity (Wildman–Crippen MR) is 43.0 cm³/mol. The minimum atomic E-state index is -0.163. The van der Waals surface area contributed by atoms with Gasteiger partial charge in [-0.15, -0.1) is 0 Å². The lowest BCUT2D eigenvalue weighted by atomic mass is 10.3. The van der Waals surface area contributed by atoms with Crippen LogP contribution in [0.4, 0.5) is 0 Å². The number of nitrogens with two attached hydrogens (primary N) is 1. The van der Waals surface area contributed by atoms with Crippen LogP contribution in [-0.4, -0.2) is 19.8 Å². The summed E-state index contributed by atoms with van der Waals surface area (Å²) >= 11 is 0. The van der Waals surface area contributed by atoms with E-state index in [1.54, 1.807) is 11.5 Å². The van der Waals surface area contributed by atoms with E-state index in [2.05, 4.69) is 4.98 Å². The summed E-state index contributed by atoms with van der Waals surface area (Å²) in [6.07, 6.45) is 0. The van der Waals surface area contributed by atoms with Gasteiger partial charge in [0.05, 0.1) is 31.3 Å².